The summed E-state index contributed by atoms with van der Waals surface area (Å²) in [6, 6.07) is 16.0. The molecule has 1 atom stereocenters. The lowest BCUT2D eigenvalue weighted by atomic mass is 9.99. The van der Waals surface area contributed by atoms with E-state index in [4.69, 9.17) is 4.74 Å². The molecule has 1 N–H and O–H groups in total. The maximum atomic E-state index is 10.5. The van der Waals surface area contributed by atoms with Gasteiger partial charge < -0.3 is 9.84 Å². The van der Waals surface area contributed by atoms with E-state index in [2.05, 4.69) is 12.1 Å². The Morgan fingerprint density at radius 2 is 1.85 bits per heavy atom. The summed E-state index contributed by atoms with van der Waals surface area (Å²) < 4.78 is 5.48. The number of hydrogen-bond donors (Lipinski definition) is 1. The van der Waals surface area contributed by atoms with Gasteiger partial charge in [-0.05, 0) is 54.5 Å². The van der Waals surface area contributed by atoms with Crippen LogP contribution in [0.4, 0.5) is 0 Å². The maximum absolute atomic E-state index is 10.5. The minimum absolute atomic E-state index is 0.594. The van der Waals surface area contributed by atoms with Gasteiger partial charge >= 0.3 is 0 Å². The van der Waals surface area contributed by atoms with Gasteiger partial charge in [0.15, 0.2) is 0 Å². The summed E-state index contributed by atoms with van der Waals surface area (Å²) in [4.78, 5) is 0. The van der Waals surface area contributed by atoms with E-state index in [-0.39, 0.29) is 0 Å². The first-order chi connectivity index (χ1) is 9.78. The van der Waals surface area contributed by atoms with Crippen LogP contribution in [0.5, 0.6) is 5.75 Å². The molecule has 0 spiro atoms. The second kappa shape index (κ2) is 5.68. The molecule has 2 heteroatoms. The summed E-state index contributed by atoms with van der Waals surface area (Å²) in [5, 5.41) is 10.5. The van der Waals surface area contributed by atoms with E-state index in [0.29, 0.717) is 6.61 Å². The molecule has 1 unspecified atom stereocenters. The quantitative estimate of drug-likeness (QED) is 0.886. The second-order valence-corrected chi connectivity index (χ2v) is 5.35. The Morgan fingerprint density at radius 3 is 2.50 bits per heavy atom. The van der Waals surface area contributed by atoms with E-state index >= 15 is 0 Å². The zero-order chi connectivity index (χ0) is 13.9. The van der Waals surface area contributed by atoms with Gasteiger partial charge in [-0.15, -0.1) is 0 Å². The lowest BCUT2D eigenvalue weighted by Gasteiger charge is -2.13. The van der Waals surface area contributed by atoms with Crippen molar-refractivity contribution in [3.8, 4) is 5.75 Å². The van der Waals surface area contributed by atoms with Gasteiger partial charge in [-0.2, -0.15) is 0 Å². The molecule has 1 fully saturated rings. The lowest BCUT2D eigenvalue weighted by Crippen LogP contribution is -2.01. The molecule has 104 valence electrons. The van der Waals surface area contributed by atoms with Crippen molar-refractivity contribution in [1.29, 1.82) is 0 Å². The van der Waals surface area contributed by atoms with Gasteiger partial charge in [-0.25, -0.2) is 0 Å². The molecule has 0 amide bonds. The van der Waals surface area contributed by atoms with Gasteiger partial charge in [0.1, 0.15) is 11.9 Å². The van der Waals surface area contributed by atoms with Crippen LogP contribution in [0.1, 0.15) is 48.5 Å². The standard InChI is InChI=1S/C18H20O2/c1-2-20-17-5-3-4-16(12-17)18(19)15-10-8-14(9-11-15)13-6-7-13/h3-5,8-13,18-19H,2,6-7H2,1H3. The average Bonchev–Trinajstić information content (AvgIpc) is 3.32. The topological polar surface area (TPSA) is 29.5 Å². The lowest BCUT2D eigenvalue weighted by molar-refractivity contribution is 0.219. The van der Waals surface area contributed by atoms with E-state index in [0.717, 1.165) is 22.8 Å². The molecule has 0 saturated heterocycles. The van der Waals surface area contributed by atoms with Crippen molar-refractivity contribution in [3.63, 3.8) is 0 Å². The molecule has 0 heterocycles. The largest absolute Gasteiger partial charge is 0.494 e. The summed E-state index contributed by atoms with van der Waals surface area (Å²) in [5.41, 5.74) is 3.20. The fourth-order valence-electron chi connectivity index (χ4n) is 2.50. The Labute approximate surface area is 120 Å². The van der Waals surface area contributed by atoms with Gasteiger partial charge in [0, 0.05) is 0 Å². The van der Waals surface area contributed by atoms with Crippen molar-refractivity contribution in [2.75, 3.05) is 6.61 Å². The van der Waals surface area contributed by atoms with E-state index in [1.165, 1.54) is 18.4 Å². The minimum atomic E-state index is -0.594. The van der Waals surface area contributed by atoms with Gasteiger partial charge in [0.2, 0.25) is 0 Å². The molecule has 1 aliphatic carbocycles. The molecule has 1 saturated carbocycles. The molecule has 2 aromatic carbocycles. The Bertz CT molecular complexity index is 570. The monoisotopic (exact) mass is 268 g/mol. The highest BCUT2D eigenvalue weighted by Gasteiger charge is 2.23. The first-order valence-corrected chi connectivity index (χ1v) is 7.28. The van der Waals surface area contributed by atoms with Gasteiger partial charge in [0.05, 0.1) is 6.61 Å². The number of ether oxygens (including phenoxy) is 1. The molecule has 0 radical (unpaired) electrons. The highest BCUT2D eigenvalue weighted by atomic mass is 16.5. The van der Waals surface area contributed by atoms with Crippen LogP contribution in [0.15, 0.2) is 48.5 Å². The summed E-state index contributed by atoms with van der Waals surface area (Å²) in [5.74, 6) is 1.56. The maximum Gasteiger partial charge on any atom is 0.119 e. The predicted octanol–water partition coefficient (Wildman–Crippen LogP) is 4.04. The van der Waals surface area contributed by atoms with E-state index in [9.17, 15) is 5.11 Å². The van der Waals surface area contributed by atoms with Crippen molar-refractivity contribution in [2.24, 2.45) is 0 Å². The molecule has 0 aliphatic heterocycles. The van der Waals surface area contributed by atoms with Gasteiger partial charge in [-0.1, -0.05) is 36.4 Å². The zero-order valence-electron chi connectivity index (χ0n) is 11.8. The van der Waals surface area contributed by atoms with Crippen molar-refractivity contribution in [1.82, 2.24) is 0 Å². The number of aliphatic hydroxyl groups excluding tert-OH is 1. The molecular weight excluding hydrogens is 248 g/mol. The fourth-order valence-corrected chi connectivity index (χ4v) is 2.50. The van der Waals surface area contributed by atoms with Crippen LogP contribution in [0, 0.1) is 0 Å². The fraction of sp³-hybridized carbons (Fsp3) is 0.333. The van der Waals surface area contributed by atoms with Crippen LogP contribution in [0.25, 0.3) is 0 Å². The van der Waals surface area contributed by atoms with Crippen LogP contribution >= 0.6 is 0 Å². The third-order valence-corrected chi connectivity index (χ3v) is 3.79. The smallest absolute Gasteiger partial charge is 0.119 e. The normalized spacial score (nSPS) is 15.9. The van der Waals surface area contributed by atoms with E-state index in [1.54, 1.807) is 0 Å². The Kier molecular flexibility index (Phi) is 3.75. The van der Waals surface area contributed by atoms with Crippen molar-refractivity contribution in [3.05, 3.63) is 65.2 Å². The first-order valence-electron chi connectivity index (χ1n) is 7.28. The molecular formula is C18H20O2. The minimum Gasteiger partial charge on any atom is -0.494 e. The molecule has 20 heavy (non-hydrogen) atoms. The number of hydrogen-bond acceptors (Lipinski definition) is 2. The molecule has 2 aromatic rings. The third kappa shape index (κ3) is 2.86. The molecule has 2 nitrogen and oxygen atoms in total. The number of aliphatic hydroxyl groups is 1. The molecule has 0 aromatic heterocycles. The number of benzene rings is 2. The Balaban J connectivity index is 1.79. The second-order valence-electron chi connectivity index (χ2n) is 5.35. The Hall–Kier alpha value is -1.80. The van der Waals surface area contributed by atoms with Crippen LogP contribution in [0.2, 0.25) is 0 Å². The van der Waals surface area contributed by atoms with Crippen molar-refractivity contribution in [2.45, 2.75) is 31.8 Å². The Morgan fingerprint density at radius 1 is 1.10 bits per heavy atom. The zero-order valence-corrected chi connectivity index (χ0v) is 11.8. The third-order valence-electron chi connectivity index (χ3n) is 3.79. The average molecular weight is 268 g/mol. The molecule has 3 rings (SSSR count). The molecule has 1 aliphatic rings. The van der Waals surface area contributed by atoms with Gasteiger partial charge in [-0.3, -0.25) is 0 Å². The van der Waals surface area contributed by atoms with Crippen LogP contribution in [-0.4, -0.2) is 11.7 Å². The van der Waals surface area contributed by atoms with Crippen molar-refractivity contribution < 1.29 is 9.84 Å². The van der Waals surface area contributed by atoms with Crippen LogP contribution < -0.4 is 4.74 Å². The van der Waals surface area contributed by atoms with E-state index in [1.807, 2.05) is 43.3 Å². The summed E-state index contributed by atoms with van der Waals surface area (Å²) >= 11 is 0. The highest BCUT2D eigenvalue weighted by Crippen LogP contribution is 2.40. The predicted molar refractivity (Wildman–Crippen MR) is 80.1 cm³/mol. The summed E-state index contributed by atoms with van der Waals surface area (Å²) in [6.45, 7) is 2.59. The van der Waals surface area contributed by atoms with E-state index < -0.39 is 6.10 Å². The SMILES string of the molecule is CCOc1cccc(C(O)c2ccc(C3CC3)cc2)c1. The van der Waals surface area contributed by atoms with Crippen molar-refractivity contribution >= 4 is 0 Å². The molecule has 0 bridgehead atoms. The van der Waals surface area contributed by atoms with Crippen LogP contribution in [-0.2, 0) is 0 Å². The van der Waals surface area contributed by atoms with Gasteiger partial charge in [0.25, 0.3) is 0 Å². The first kappa shape index (κ1) is 13.2. The summed E-state index contributed by atoms with van der Waals surface area (Å²) in [7, 11) is 0. The van der Waals surface area contributed by atoms with Crippen LogP contribution in [0.3, 0.4) is 0 Å². The highest BCUT2D eigenvalue weighted by molar-refractivity contribution is 5.37. The number of rotatable bonds is 5. The summed E-state index contributed by atoms with van der Waals surface area (Å²) in [6.07, 6.45) is 2.01.